The molecule has 0 bridgehead atoms. The van der Waals surface area contributed by atoms with Gasteiger partial charge < -0.3 is 5.32 Å². The van der Waals surface area contributed by atoms with Crippen LogP contribution in [0.2, 0.25) is 5.02 Å². The maximum atomic E-state index is 11.5. The van der Waals surface area contributed by atoms with E-state index in [2.05, 4.69) is 19.2 Å². The van der Waals surface area contributed by atoms with Gasteiger partial charge in [-0.15, -0.1) is 11.8 Å². The summed E-state index contributed by atoms with van der Waals surface area (Å²) in [6.07, 6.45) is 1.03. The van der Waals surface area contributed by atoms with Gasteiger partial charge in [-0.25, -0.2) is 0 Å². The fraction of sp³-hybridized carbons (Fsp3) is 0.333. The molecule has 3 nitrogen and oxygen atoms in total. The van der Waals surface area contributed by atoms with Crippen LogP contribution in [-0.2, 0) is 4.79 Å². The van der Waals surface area contributed by atoms with Crippen molar-refractivity contribution < 1.29 is 9.59 Å². The van der Waals surface area contributed by atoms with Crippen molar-refractivity contribution in [3.05, 3.63) is 22.7 Å². The van der Waals surface area contributed by atoms with Crippen LogP contribution in [0.15, 0.2) is 17.0 Å². The number of ketones is 1. The van der Waals surface area contributed by atoms with Crippen molar-refractivity contribution >= 4 is 40.7 Å². The smallest absolute Gasteiger partial charge is 0.296 e. The van der Waals surface area contributed by atoms with E-state index < -0.39 is 11.7 Å². The van der Waals surface area contributed by atoms with Crippen molar-refractivity contribution in [1.82, 2.24) is 0 Å². The molecule has 0 aromatic heterocycles. The van der Waals surface area contributed by atoms with Crippen molar-refractivity contribution in [2.24, 2.45) is 0 Å². The van der Waals surface area contributed by atoms with E-state index in [1.165, 1.54) is 0 Å². The summed E-state index contributed by atoms with van der Waals surface area (Å²) in [5.74, 6) is -1.09. The minimum absolute atomic E-state index is 0.369. The van der Waals surface area contributed by atoms with Crippen LogP contribution >= 0.6 is 23.4 Å². The first kappa shape index (κ1) is 12.5. The van der Waals surface area contributed by atoms with Crippen LogP contribution in [0.3, 0.4) is 0 Å². The molecule has 1 aromatic rings. The maximum absolute atomic E-state index is 11.5. The number of nitrogens with one attached hydrogen (secondary N) is 1. The lowest BCUT2D eigenvalue weighted by molar-refractivity contribution is -0.112. The Morgan fingerprint density at radius 3 is 2.76 bits per heavy atom. The van der Waals surface area contributed by atoms with E-state index in [-0.39, 0.29) is 0 Å². The lowest BCUT2D eigenvalue weighted by Crippen LogP contribution is -2.12. The second kappa shape index (κ2) is 4.70. The molecule has 0 saturated carbocycles. The molecule has 90 valence electrons. The zero-order valence-corrected chi connectivity index (χ0v) is 11.1. The molecule has 17 heavy (non-hydrogen) atoms. The number of rotatable bonds is 3. The number of hydrogen-bond donors (Lipinski definition) is 1. The average molecular weight is 270 g/mol. The topological polar surface area (TPSA) is 46.2 Å². The Hall–Kier alpha value is -1.00. The number of anilines is 1. The zero-order valence-electron chi connectivity index (χ0n) is 9.54. The first-order chi connectivity index (χ1) is 8.02. The molecular weight excluding hydrogens is 258 g/mol. The summed E-state index contributed by atoms with van der Waals surface area (Å²) in [5.41, 5.74) is 0.934. The molecule has 1 N–H and O–H groups in total. The Kier molecular flexibility index (Phi) is 3.45. The molecule has 1 aromatic carbocycles. The summed E-state index contributed by atoms with van der Waals surface area (Å²) < 4.78 is 0. The minimum atomic E-state index is -0.582. The van der Waals surface area contributed by atoms with Gasteiger partial charge in [-0.05, 0) is 18.6 Å². The number of fused-ring (bicyclic) bond motifs is 1. The van der Waals surface area contributed by atoms with Gasteiger partial charge in [0.05, 0.1) is 16.3 Å². The Balaban J connectivity index is 2.36. The number of thioether (sulfide) groups is 1. The molecule has 0 radical (unpaired) electrons. The average Bonchev–Trinajstić information content (AvgIpc) is 2.56. The number of amides is 1. The van der Waals surface area contributed by atoms with Gasteiger partial charge in [-0.1, -0.05) is 25.4 Å². The van der Waals surface area contributed by atoms with Gasteiger partial charge in [0.2, 0.25) is 0 Å². The van der Waals surface area contributed by atoms with E-state index in [1.54, 1.807) is 23.9 Å². The number of halogens is 1. The zero-order chi connectivity index (χ0) is 12.6. The molecule has 5 heteroatoms. The summed E-state index contributed by atoms with van der Waals surface area (Å²) in [4.78, 5) is 23.6. The normalized spacial score (nSPS) is 15.7. The summed E-state index contributed by atoms with van der Waals surface area (Å²) in [5, 5.41) is 3.52. The third-order valence-corrected chi connectivity index (χ3v) is 4.43. The van der Waals surface area contributed by atoms with Crippen LogP contribution in [0.5, 0.6) is 0 Å². The van der Waals surface area contributed by atoms with E-state index in [0.717, 1.165) is 11.3 Å². The van der Waals surface area contributed by atoms with Crippen LogP contribution in [0.25, 0.3) is 0 Å². The van der Waals surface area contributed by atoms with Crippen molar-refractivity contribution in [2.45, 2.75) is 30.4 Å². The Morgan fingerprint density at radius 1 is 1.41 bits per heavy atom. The van der Waals surface area contributed by atoms with E-state index in [0.29, 0.717) is 21.5 Å². The Morgan fingerprint density at radius 2 is 2.12 bits per heavy atom. The number of carbonyl (C=O) groups is 2. The summed E-state index contributed by atoms with van der Waals surface area (Å²) in [7, 11) is 0. The Labute approximate surface area is 109 Å². The number of benzene rings is 1. The molecule has 0 fully saturated rings. The van der Waals surface area contributed by atoms with Crippen LogP contribution in [0, 0.1) is 0 Å². The second-order valence-electron chi connectivity index (χ2n) is 3.95. The van der Waals surface area contributed by atoms with Gasteiger partial charge in [0.1, 0.15) is 0 Å². The molecule has 0 aliphatic carbocycles. The van der Waals surface area contributed by atoms with Crippen LogP contribution < -0.4 is 5.32 Å². The van der Waals surface area contributed by atoms with Gasteiger partial charge in [0.25, 0.3) is 11.7 Å². The van der Waals surface area contributed by atoms with E-state index in [9.17, 15) is 9.59 Å². The largest absolute Gasteiger partial charge is 0.318 e. The number of hydrogen-bond acceptors (Lipinski definition) is 3. The molecule has 1 atom stereocenters. The van der Waals surface area contributed by atoms with Crippen LogP contribution in [0.1, 0.15) is 30.6 Å². The van der Waals surface area contributed by atoms with E-state index >= 15 is 0 Å². The van der Waals surface area contributed by atoms with Crippen molar-refractivity contribution in [3.63, 3.8) is 0 Å². The second-order valence-corrected chi connectivity index (χ2v) is 5.84. The van der Waals surface area contributed by atoms with Gasteiger partial charge in [0, 0.05) is 10.1 Å². The molecule has 1 amide bonds. The SMILES string of the molecule is CCC(C)Sc1cc2c(cc1Cl)C(=O)C(=O)N2. The minimum Gasteiger partial charge on any atom is -0.318 e. The molecule has 2 rings (SSSR count). The van der Waals surface area contributed by atoms with Crippen molar-refractivity contribution in [1.29, 1.82) is 0 Å². The van der Waals surface area contributed by atoms with Crippen LogP contribution in [-0.4, -0.2) is 16.9 Å². The summed E-state index contributed by atoms with van der Waals surface area (Å²) in [6, 6.07) is 3.35. The molecular formula is C12H12ClNO2S. The highest BCUT2D eigenvalue weighted by atomic mass is 35.5. The lowest BCUT2D eigenvalue weighted by Gasteiger charge is -2.11. The van der Waals surface area contributed by atoms with E-state index in [1.807, 2.05) is 0 Å². The molecule has 1 aliphatic heterocycles. The van der Waals surface area contributed by atoms with Crippen molar-refractivity contribution in [3.8, 4) is 0 Å². The fourth-order valence-corrected chi connectivity index (χ4v) is 2.79. The van der Waals surface area contributed by atoms with Crippen molar-refractivity contribution in [2.75, 3.05) is 5.32 Å². The molecule has 1 unspecified atom stereocenters. The number of carbonyl (C=O) groups excluding carboxylic acids is 2. The maximum Gasteiger partial charge on any atom is 0.296 e. The van der Waals surface area contributed by atoms with E-state index in [4.69, 9.17) is 11.6 Å². The molecule has 0 saturated heterocycles. The third-order valence-electron chi connectivity index (χ3n) is 2.67. The quantitative estimate of drug-likeness (QED) is 0.676. The third kappa shape index (κ3) is 2.33. The fourth-order valence-electron chi connectivity index (χ4n) is 1.54. The highest BCUT2D eigenvalue weighted by Gasteiger charge is 2.29. The summed E-state index contributed by atoms with van der Waals surface area (Å²) >= 11 is 7.75. The standard InChI is InChI=1S/C12H12ClNO2S/c1-3-6(2)17-10-5-9-7(4-8(10)13)11(15)12(16)14-9/h4-6H,3H2,1-2H3,(H,14,15,16). The predicted octanol–water partition coefficient (Wildman–Crippen LogP) is 3.37. The summed E-state index contributed by atoms with van der Waals surface area (Å²) in [6.45, 7) is 4.21. The van der Waals surface area contributed by atoms with Gasteiger partial charge in [-0.3, -0.25) is 9.59 Å². The van der Waals surface area contributed by atoms with Gasteiger partial charge >= 0.3 is 0 Å². The monoisotopic (exact) mass is 269 g/mol. The van der Waals surface area contributed by atoms with Crippen LogP contribution in [0.4, 0.5) is 5.69 Å². The number of Topliss-reactive ketones (excluding diaryl/α,β-unsaturated/α-hetero) is 1. The highest BCUT2D eigenvalue weighted by Crippen LogP contribution is 2.37. The Bertz CT molecular complexity index is 502. The lowest BCUT2D eigenvalue weighted by atomic mass is 10.1. The molecule has 0 spiro atoms. The molecule has 1 heterocycles. The van der Waals surface area contributed by atoms with Gasteiger partial charge in [-0.2, -0.15) is 0 Å². The molecule has 1 aliphatic rings. The van der Waals surface area contributed by atoms with Gasteiger partial charge in [0.15, 0.2) is 0 Å². The predicted molar refractivity (Wildman–Crippen MR) is 70.0 cm³/mol. The highest BCUT2D eigenvalue weighted by molar-refractivity contribution is 8.00. The first-order valence-electron chi connectivity index (χ1n) is 5.38. The first-order valence-corrected chi connectivity index (χ1v) is 6.64.